The highest BCUT2D eigenvalue weighted by Crippen LogP contribution is 2.47. The number of piperidine rings is 1. The molecular formula is C22H24N2O3S2. The average molecular weight is 429 g/mol. The number of methoxy groups -OCH3 is 1. The van der Waals surface area contributed by atoms with Crippen LogP contribution in [-0.4, -0.2) is 53.3 Å². The summed E-state index contributed by atoms with van der Waals surface area (Å²) in [7, 11) is 1.63. The second-order valence-corrected chi connectivity index (χ2v) is 9.53. The molecule has 152 valence electrons. The first-order valence-corrected chi connectivity index (χ1v) is 11.7. The number of thioether (sulfide) groups is 2. The van der Waals surface area contributed by atoms with E-state index in [9.17, 15) is 9.59 Å². The Hall–Kier alpha value is -2.12. The Morgan fingerprint density at radius 2 is 1.90 bits per heavy atom. The summed E-state index contributed by atoms with van der Waals surface area (Å²) < 4.78 is 5.34. The molecule has 0 N–H and O–H groups in total. The van der Waals surface area contributed by atoms with Crippen LogP contribution < -0.4 is 9.64 Å². The fraction of sp³-hybridized carbons (Fsp3) is 0.364. The average Bonchev–Trinajstić information content (AvgIpc) is 3.08. The van der Waals surface area contributed by atoms with E-state index >= 15 is 0 Å². The molecule has 2 fully saturated rings. The van der Waals surface area contributed by atoms with Crippen molar-refractivity contribution in [2.75, 3.05) is 36.6 Å². The summed E-state index contributed by atoms with van der Waals surface area (Å²) in [4.78, 5) is 30.1. The maximum atomic E-state index is 12.7. The predicted octanol–water partition coefficient (Wildman–Crippen LogP) is 3.89. The summed E-state index contributed by atoms with van der Waals surface area (Å²) in [6, 6.07) is 17.7. The summed E-state index contributed by atoms with van der Waals surface area (Å²) >= 11 is 3.28. The van der Waals surface area contributed by atoms with Crippen molar-refractivity contribution >= 4 is 41.0 Å². The number of likely N-dealkylation sites (tertiary alicyclic amines) is 1. The fourth-order valence-corrected chi connectivity index (χ4v) is 6.06. The molecule has 2 aliphatic heterocycles. The number of hydrogen-bond donors (Lipinski definition) is 0. The molecule has 4 rings (SSSR count). The highest BCUT2D eigenvalue weighted by atomic mass is 32.2. The molecule has 0 atom stereocenters. The minimum absolute atomic E-state index is 0.127. The van der Waals surface area contributed by atoms with Gasteiger partial charge in [0, 0.05) is 29.7 Å². The first-order chi connectivity index (χ1) is 14.1. The first-order valence-electron chi connectivity index (χ1n) is 9.68. The molecule has 0 unspecified atom stereocenters. The Balaban J connectivity index is 1.41. The van der Waals surface area contributed by atoms with Gasteiger partial charge in [0.05, 0.1) is 23.5 Å². The second-order valence-electron chi connectivity index (χ2n) is 7.15. The van der Waals surface area contributed by atoms with E-state index in [1.54, 1.807) is 30.6 Å². The molecule has 29 heavy (non-hydrogen) atoms. The zero-order valence-corrected chi connectivity index (χ0v) is 18.0. The van der Waals surface area contributed by atoms with Crippen molar-refractivity contribution in [3.8, 4) is 5.75 Å². The van der Waals surface area contributed by atoms with Gasteiger partial charge in [-0.25, -0.2) is 0 Å². The van der Waals surface area contributed by atoms with Crippen molar-refractivity contribution in [2.45, 2.75) is 22.6 Å². The zero-order valence-electron chi connectivity index (χ0n) is 16.4. The molecule has 0 aliphatic carbocycles. The van der Waals surface area contributed by atoms with Gasteiger partial charge in [-0.1, -0.05) is 24.3 Å². The van der Waals surface area contributed by atoms with E-state index in [2.05, 4.69) is 0 Å². The number of carbonyl (C=O) groups is 2. The molecule has 0 bridgehead atoms. The van der Waals surface area contributed by atoms with Crippen molar-refractivity contribution in [1.29, 1.82) is 0 Å². The molecule has 2 saturated heterocycles. The summed E-state index contributed by atoms with van der Waals surface area (Å²) in [5, 5.41) is 0. The Morgan fingerprint density at radius 3 is 2.62 bits per heavy atom. The number of benzene rings is 2. The number of amides is 2. The lowest BCUT2D eigenvalue weighted by Gasteiger charge is -2.44. The lowest BCUT2D eigenvalue weighted by molar-refractivity contribution is -0.129. The van der Waals surface area contributed by atoms with E-state index in [0.29, 0.717) is 24.6 Å². The lowest BCUT2D eigenvalue weighted by Crippen LogP contribution is -2.53. The normalized spacial score (nSPS) is 18.3. The largest absolute Gasteiger partial charge is 0.497 e. The van der Waals surface area contributed by atoms with Gasteiger partial charge in [0.15, 0.2) is 0 Å². The highest BCUT2D eigenvalue weighted by Gasteiger charge is 2.49. The van der Waals surface area contributed by atoms with Crippen molar-refractivity contribution in [3.63, 3.8) is 0 Å². The van der Waals surface area contributed by atoms with Crippen molar-refractivity contribution in [1.82, 2.24) is 4.90 Å². The van der Waals surface area contributed by atoms with Gasteiger partial charge in [0.1, 0.15) is 5.75 Å². The minimum atomic E-state index is -0.271. The topological polar surface area (TPSA) is 49.9 Å². The van der Waals surface area contributed by atoms with Crippen LogP contribution in [0, 0.1) is 0 Å². The van der Waals surface area contributed by atoms with Gasteiger partial charge in [-0.2, -0.15) is 0 Å². The van der Waals surface area contributed by atoms with Gasteiger partial charge in [-0.15, -0.1) is 23.5 Å². The Bertz CT molecular complexity index is 883. The lowest BCUT2D eigenvalue weighted by atomic mass is 10.0. The number of anilines is 1. The summed E-state index contributed by atoms with van der Waals surface area (Å²) in [5.41, 5.74) is 0.874. The minimum Gasteiger partial charge on any atom is -0.497 e. The van der Waals surface area contributed by atoms with Crippen LogP contribution in [0.15, 0.2) is 59.5 Å². The van der Waals surface area contributed by atoms with E-state index in [1.165, 1.54) is 0 Å². The number of nitrogens with zero attached hydrogens (tertiary/aromatic N) is 2. The van der Waals surface area contributed by atoms with Crippen LogP contribution in [0.1, 0.15) is 12.8 Å². The monoisotopic (exact) mass is 428 g/mol. The van der Waals surface area contributed by atoms with Crippen LogP contribution in [0.3, 0.4) is 0 Å². The molecule has 0 radical (unpaired) electrons. The van der Waals surface area contributed by atoms with Crippen molar-refractivity contribution in [2.24, 2.45) is 0 Å². The Kier molecular flexibility index (Phi) is 6.06. The summed E-state index contributed by atoms with van der Waals surface area (Å²) in [6.45, 7) is 1.35. The standard InChI is InChI=1S/C22H24N2O3S2/c1-27-18-7-5-6-17(14-18)24-21(26)16-29-22(24)10-12-23(13-11-22)20(25)15-28-19-8-3-2-4-9-19/h2-9,14H,10-13,15-16H2,1H3. The fourth-order valence-electron chi connectivity index (χ4n) is 3.91. The first kappa shape index (κ1) is 20.2. The predicted molar refractivity (Wildman–Crippen MR) is 119 cm³/mol. The van der Waals surface area contributed by atoms with Gasteiger partial charge >= 0.3 is 0 Å². The van der Waals surface area contributed by atoms with Gasteiger partial charge in [0.2, 0.25) is 11.8 Å². The SMILES string of the molecule is COc1cccc(N2C(=O)CSC23CCN(C(=O)CSc2ccccc2)CC3)c1. The Morgan fingerprint density at radius 1 is 1.14 bits per heavy atom. The van der Waals surface area contributed by atoms with Gasteiger partial charge in [0.25, 0.3) is 0 Å². The number of ether oxygens (including phenoxy) is 1. The maximum absolute atomic E-state index is 12.7. The third-order valence-corrected chi connectivity index (χ3v) is 7.95. The quantitative estimate of drug-likeness (QED) is 0.677. The van der Waals surface area contributed by atoms with Crippen LogP contribution in [0.4, 0.5) is 5.69 Å². The van der Waals surface area contributed by atoms with Crippen molar-refractivity contribution in [3.05, 3.63) is 54.6 Å². The molecule has 7 heteroatoms. The highest BCUT2D eigenvalue weighted by molar-refractivity contribution is 8.02. The molecule has 2 aliphatic rings. The van der Waals surface area contributed by atoms with Gasteiger partial charge in [-0.05, 0) is 37.1 Å². The molecule has 1 spiro atoms. The molecule has 2 aromatic carbocycles. The molecule has 5 nitrogen and oxygen atoms in total. The van der Waals surface area contributed by atoms with Gasteiger partial charge < -0.3 is 9.64 Å². The molecule has 0 aromatic heterocycles. The van der Waals surface area contributed by atoms with Crippen LogP contribution in [0.5, 0.6) is 5.75 Å². The van der Waals surface area contributed by atoms with E-state index in [4.69, 9.17) is 4.74 Å². The number of rotatable bonds is 5. The van der Waals surface area contributed by atoms with E-state index in [-0.39, 0.29) is 16.7 Å². The third-order valence-electron chi connectivity index (χ3n) is 5.44. The molecule has 2 amide bonds. The number of hydrogen-bond acceptors (Lipinski definition) is 5. The van der Waals surface area contributed by atoms with E-state index in [1.807, 2.05) is 64.4 Å². The van der Waals surface area contributed by atoms with Crippen LogP contribution in [0.2, 0.25) is 0 Å². The molecule has 2 heterocycles. The zero-order chi connectivity index (χ0) is 20.3. The van der Waals surface area contributed by atoms with Crippen LogP contribution in [-0.2, 0) is 9.59 Å². The van der Waals surface area contributed by atoms with E-state index < -0.39 is 0 Å². The Labute approximate surface area is 179 Å². The molecule has 0 saturated carbocycles. The molecular weight excluding hydrogens is 404 g/mol. The van der Waals surface area contributed by atoms with E-state index in [0.717, 1.165) is 29.2 Å². The number of carbonyl (C=O) groups excluding carboxylic acids is 2. The van der Waals surface area contributed by atoms with Crippen LogP contribution in [0.25, 0.3) is 0 Å². The third kappa shape index (κ3) is 4.26. The van der Waals surface area contributed by atoms with Gasteiger partial charge in [-0.3, -0.25) is 14.5 Å². The second kappa shape index (κ2) is 8.71. The molecule has 2 aromatic rings. The summed E-state index contributed by atoms with van der Waals surface area (Å²) in [5.74, 6) is 1.96. The summed E-state index contributed by atoms with van der Waals surface area (Å²) in [6.07, 6.45) is 1.56. The van der Waals surface area contributed by atoms with Crippen LogP contribution >= 0.6 is 23.5 Å². The van der Waals surface area contributed by atoms with Crippen molar-refractivity contribution < 1.29 is 14.3 Å². The smallest absolute Gasteiger partial charge is 0.238 e. The maximum Gasteiger partial charge on any atom is 0.238 e.